The van der Waals surface area contributed by atoms with E-state index < -0.39 is 0 Å². The van der Waals surface area contributed by atoms with E-state index in [0.29, 0.717) is 5.82 Å². The molecule has 138 valence electrons. The molecule has 0 spiro atoms. The van der Waals surface area contributed by atoms with Crippen molar-refractivity contribution in [1.29, 1.82) is 0 Å². The van der Waals surface area contributed by atoms with Crippen LogP contribution in [0.1, 0.15) is 24.4 Å². The molecule has 0 saturated carbocycles. The van der Waals surface area contributed by atoms with Gasteiger partial charge in [-0.25, -0.2) is 9.48 Å². The minimum atomic E-state index is -0.308. The van der Waals surface area contributed by atoms with Crippen molar-refractivity contribution in [3.05, 3.63) is 42.1 Å². The van der Waals surface area contributed by atoms with Crippen molar-refractivity contribution in [3.8, 4) is 0 Å². The van der Waals surface area contributed by atoms with Crippen LogP contribution >= 0.6 is 0 Å². The van der Waals surface area contributed by atoms with Gasteiger partial charge >= 0.3 is 6.03 Å². The summed E-state index contributed by atoms with van der Waals surface area (Å²) < 4.78 is 1.85. The molecule has 0 unspecified atom stereocenters. The number of rotatable bonds is 5. The Kier molecular flexibility index (Phi) is 5.52. The van der Waals surface area contributed by atoms with Gasteiger partial charge in [0.05, 0.1) is 18.8 Å². The number of piperidine rings is 1. The quantitative estimate of drug-likeness (QED) is 0.761. The van der Waals surface area contributed by atoms with E-state index in [0.717, 1.165) is 37.2 Å². The largest absolute Gasteiger partial charge is 0.369 e. The molecule has 1 aromatic carbocycles. The molecule has 1 aliphatic heterocycles. The Morgan fingerprint density at radius 3 is 2.62 bits per heavy atom. The first kappa shape index (κ1) is 17.9. The third-order valence-corrected chi connectivity index (χ3v) is 4.59. The lowest BCUT2D eigenvalue weighted by Crippen LogP contribution is -2.40. The molecule has 1 aliphatic rings. The summed E-state index contributed by atoms with van der Waals surface area (Å²) in [4.78, 5) is 25.4. The molecule has 8 heteroatoms. The molecule has 8 nitrogen and oxygen atoms in total. The van der Waals surface area contributed by atoms with Crippen molar-refractivity contribution < 1.29 is 9.59 Å². The van der Waals surface area contributed by atoms with E-state index in [1.165, 1.54) is 0 Å². The van der Waals surface area contributed by atoms with E-state index in [-0.39, 0.29) is 24.5 Å². The molecule has 26 heavy (non-hydrogen) atoms. The Morgan fingerprint density at radius 1 is 1.19 bits per heavy atom. The van der Waals surface area contributed by atoms with Crippen LogP contribution in [0.4, 0.5) is 16.3 Å². The number of urea groups is 1. The fourth-order valence-corrected chi connectivity index (χ4v) is 3.23. The van der Waals surface area contributed by atoms with Gasteiger partial charge in [-0.15, -0.1) is 0 Å². The van der Waals surface area contributed by atoms with E-state index in [4.69, 9.17) is 5.73 Å². The van der Waals surface area contributed by atoms with Gasteiger partial charge in [-0.1, -0.05) is 18.2 Å². The third-order valence-electron chi connectivity index (χ3n) is 4.59. The van der Waals surface area contributed by atoms with Gasteiger partial charge in [0.2, 0.25) is 5.91 Å². The first-order valence-electron chi connectivity index (χ1n) is 8.71. The van der Waals surface area contributed by atoms with Gasteiger partial charge in [-0.2, -0.15) is 5.10 Å². The van der Waals surface area contributed by atoms with Crippen molar-refractivity contribution in [2.24, 2.45) is 5.73 Å². The number of aryl methyl sites for hydroxylation is 1. The summed E-state index contributed by atoms with van der Waals surface area (Å²) >= 11 is 0. The number of nitrogens with two attached hydrogens (primary N) is 1. The van der Waals surface area contributed by atoms with Crippen LogP contribution < -0.4 is 16.4 Å². The number of anilines is 2. The first-order chi connectivity index (χ1) is 12.5. The number of nitrogens with zero attached hydrogens (tertiary/aromatic N) is 3. The number of hydrogen-bond acceptors (Lipinski definition) is 4. The van der Waals surface area contributed by atoms with E-state index in [9.17, 15) is 9.59 Å². The summed E-state index contributed by atoms with van der Waals surface area (Å²) in [5, 5.41) is 10.1. The molecule has 4 N–H and O–H groups in total. The van der Waals surface area contributed by atoms with Crippen molar-refractivity contribution >= 4 is 23.4 Å². The molecule has 1 saturated heterocycles. The highest BCUT2D eigenvalue weighted by Gasteiger charge is 2.23. The van der Waals surface area contributed by atoms with Crippen molar-refractivity contribution in [3.63, 3.8) is 0 Å². The third kappa shape index (κ3) is 4.40. The number of likely N-dealkylation sites (tertiary alicyclic amines) is 1. The monoisotopic (exact) mass is 356 g/mol. The van der Waals surface area contributed by atoms with Crippen LogP contribution in [0.3, 0.4) is 0 Å². The van der Waals surface area contributed by atoms with Gasteiger partial charge in [0, 0.05) is 24.8 Å². The second kappa shape index (κ2) is 8.01. The molecule has 0 aliphatic carbocycles. The van der Waals surface area contributed by atoms with E-state index >= 15 is 0 Å². The lowest BCUT2D eigenvalue weighted by Gasteiger charge is -2.31. The molecular weight excluding hydrogens is 332 g/mol. The molecule has 1 aromatic heterocycles. The molecule has 0 radical (unpaired) electrons. The highest BCUT2D eigenvalue weighted by molar-refractivity contribution is 5.99. The average Bonchev–Trinajstić information content (AvgIpc) is 3.05. The lowest BCUT2D eigenvalue weighted by molar-refractivity contribution is -0.119. The Balaban J connectivity index is 1.60. The maximum Gasteiger partial charge on any atom is 0.324 e. The van der Waals surface area contributed by atoms with Crippen LogP contribution in [0.2, 0.25) is 0 Å². The second-order valence-electron chi connectivity index (χ2n) is 6.53. The maximum absolute atomic E-state index is 12.3. The van der Waals surface area contributed by atoms with Crippen LogP contribution in [0.25, 0.3) is 0 Å². The lowest BCUT2D eigenvalue weighted by atomic mass is 10.1. The van der Waals surface area contributed by atoms with Gasteiger partial charge in [0.1, 0.15) is 5.82 Å². The van der Waals surface area contributed by atoms with Crippen molar-refractivity contribution in [2.45, 2.75) is 25.8 Å². The minimum absolute atomic E-state index is 0.183. The fourth-order valence-electron chi connectivity index (χ4n) is 3.23. The number of primary amides is 1. The Morgan fingerprint density at radius 2 is 1.92 bits per heavy atom. The Bertz CT molecular complexity index is 779. The van der Waals surface area contributed by atoms with E-state index in [1.54, 1.807) is 12.3 Å². The smallest absolute Gasteiger partial charge is 0.324 e. The molecule has 2 aromatic rings. The summed E-state index contributed by atoms with van der Waals surface area (Å²) in [6, 6.07) is 9.29. The second-order valence-corrected chi connectivity index (χ2v) is 6.53. The molecular formula is C18H24N6O2. The van der Waals surface area contributed by atoms with Crippen LogP contribution in [-0.2, 0) is 4.79 Å². The average molecular weight is 356 g/mol. The minimum Gasteiger partial charge on any atom is -0.369 e. The normalized spacial score (nSPS) is 15.6. The number of para-hydroxylation sites is 1. The number of amides is 3. The SMILES string of the molecule is Cc1ccccc1NC(=O)Nc1ccnn1C1CCN(CC(N)=O)CC1. The van der Waals surface area contributed by atoms with Gasteiger partial charge in [0.25, 0.3) is 0 Å². The van der Waals surface area contributed by atoms with E-state index in [2.05, 4.69) is 15.7 Å². The zero-order valence-corrected chi connectivity index (χ0v) is 14.8. The standard InChI is InChI=1S/C18H24N6O2/c1-13-4-2-3-5-15(13)21-18(26)22-17-6-9-20-24(17)14-7-10-23(11-8-14)12-16(19)25/h2-6,9,14H,7-8,10-12H2,1H3,(H2,19,25)(H2,21,22,26). The number of hydrogen-bond donors (Lipinski definition) is 3. The van der Waals surface area contributed by atoms with Gasteiger partial charge < -0.3 is 11.1 Å². The number of aromatic nitrogens is 2. The summed E-state index contributed by atoms with van der Waals surface area (Å²) in [6.45, 7) is 3.79. The predicted molar refractivity (Wildman–Crippen MR) is 100.0 cm³/mol. The summed E-state index contributed by atoms with van der Waals surface area (Å²) in [5.74, 6) is 0.349. The predicted octanol–water partition coefficient (Wildman–Crippen LogP) is 1.96. The van der Waals surface area contributed by atoms with Gasteiger partial charge in [-0.05, 0) is 31.4 Å². The Hall–Kier alpha value is -2.87. The van der Waals surface area contributed by atoms with Crippen LogP contribution in [-0.4, -0.2) is 46.3 Å². The topological polar surface area (TPSA) is 105 Å². The van der Waals surface area contributed by atoms with E-state index in [1.807, 2.05) is 40.8 Å². The van der Waals surface area contributed by atoms with Gasteiger partial charge in [0.15, 0.2) is 0 Å². The summed E-state index contributed by atoms with van der Waals surface area (Å²) in [7, 11) is 0. The number of benzene rings is 1. The molecule has 0 bridgehead atoms. The molecule has 1 fully saturated rings. The highest BCUT2D eigenvalue weighted by atomic mass is 16.2. The number of nitrogens with one attached hydrogen (secondary N) is 2. The Labute approximate surface area is 152 Å². The zero-order chi connectivity index (χ0) is 18.5. The number of carbonyl (C=O) groups is 2. The number of carbonyl (C=O) groups excluding carboxylic acids is 2. The molecule has 2 heterocycles. The molecule has 3 rings (SSSR count). The van der Waals surface area contributed by atoms with Crippen molar-refractivity contribution in [2.75, 3.05) is 30.3 Å². The maximum atomic E-state index is 12.3. The fraction of sp³-hybridized carbons (Fsp3) is 0.389. The molecule has 3 amide bonds. The molecule has 0 atom stereocenters. The van der Waals surface area contributed by atoms with Gasteiger partial charge in [-0.3, -0.25) is 15.0 Å². The van der Waals surface area contributed by atoms with Crippen LogP contribution in [0.15, 0.2) is 36.5 Å². The first-order valence-corrected chi connectivity index (χ1v) is 8.71. The highest BCUT2D eigenvalue weighted by Crippen LogP contribution is 2.25. The zero-order valence-electron chi connectivity index (χ0n) is 14.8. The van der Waals surface area contributed by atoms with Crippen LogP contribution in [0.5, 0.6) is 0 Å². The van der Waals surface area contributed by atoms with Crippen LogP contribution in [0, 0.1) is 6.92 Å². The summed E-state index contributed by atoms with van der Waals surface area (Å²) in [6.07, 6.45) is 3.38. The summed E-state index contributed by atoms with van der Waals surface area (Å²) in [5.41, 5.74) is 7.02. The van der Waals surface area contributed by atoms with Crippen molar-refractivity contribution in [1.82, 2.24) is 14.7 Å².